The fourth-order valence-electron chi connectivity index (χ4n) is 3.50. The van der Waals surface area contributed by atoms with Crippen LogP contribution in [-0.2, 0) is 6.54 Å². The average Bonchev–Trinajstić information content (AvgIpc) is 3.27. The van der Waals surface area contributed by atoms with Crippen molar-refractivity contribution < 1.29 is 9.21 Å². The summed E-state index contributed by atoms with van der Waals surface area (Å²) in [4.78, 5) is 12.2. The van der Waals surface area contributed by atoms with Gasteiger partial charge in [-0.1, -0.05) is 43.9 Å². The fraction of sp³-hybridized carbons (Fsp3) is 0.450. The standard InChI is InChI=1S/C20H26N2O2.ClH/c1-15(13-16-7-2-3-8-16)21-14-17-9-4-5-10-18(17)22-20(23)19-11-6-12-24-19;/h4-6,9-12,15-16,21H,2-3,7-8,13-14H2,1H3,(H,22,23);1H/t15-;/m0./s1. The molecule has 0 spiro atoms. The molecular weight excluding hydrogens is 336 g/mol. The van der Waals surface area contributed by atoms with Gasteiger partial charge >= 0.3 is 0 Å². The van der Waals surface area contributed by atoms with Crippen LogP contribution in [0.3, 0.4) is 0 Å². The summed E-state index contributed by atoms with van der Waals surface area (Å²) in [6.45, 7) is 3.00. The molecule has 3 rings (SSSR count). The van der Waals surface area contributed by atoms with E-state index in [1.807, 2.05) is 24.3 Å². The molecule has 2 aromatic rings. The largest absolute Gasteiger partial charge is 0.459 e. The van der Waals surface area contributed by atoms with Crippen LogP contribution in [-0.4, -0.2) is 11.9 Å². The van der Waals surface area contributed by atoms with Gasteiger partial charge in [-0.15, -0.1) is 12.4 Å². The molecule has 1 aliphatic rings. The Morgan fingerprint density at radius 2 is 1.96 bits per heavy atom. The normalized spacial score (nSPS) is 15.6. The molecule has 25 heavy (non-hydrogen) atoms. The van der Waals surface area contributed by atoms with E-state index in [1.165, 1.54) is 38.4 Å². The van der Waals surface area contributed by atoms with Crippen LogP contribution in [0, 0.1) is 5.92 Å². The molecule has 1 aliphatic carbocycles. The molecule has 0 saturated heterocycles. The Morgan fingerprint density at radius 1 is 1.20 bits per heavy atom. The topological polar surface area (TPSA) is 54.3 Å². The highest BCUT2D eigenvalue weighted by Gasteiger charge is 2.18. The van der Waals surface area contributed by atoms with Crippen LogP contribution >= 0.6 is 12.4 Å². The Hall–Kier alpha value is -1.78. The van der Waals surface area contributed by atoms with E-state index >= 15 is 0 Å². The van der Waals surface area contributed by atoms with Gasteiger partial charge < -0.3 is 15.1 Å². The zero-order chi connectivity index (χ0) is 16.8. The number of para-hydroxylation sites is 1. The molecule has 1 heterocycles. The van der Waals surface area contributed by atoms with Gasteiger partial charge in [-0.05, 0) is 43.0 Å². The monoisotopic (exact) mass is 362 g/mol. The van der Waals surface area contributed by atoms with E-state index < -0.39 is 0 Å². The van der Waals surface area contributed by atoms with Crippen LogP contribution in [0.25, 0.3) is 0 Å². The van der Waals surface area contributed by atoms with Gasteiger partial charge in [-0.25, -0.2) is 0 Å². The Kier molecular flexibility index (Phi) is 7.53. The lowest BCUT2D eigenvalue weighted by atomic mass is 9.99. The van der Waals surface area contributed by atoms with Crippen LogP contribution in [0.1, 0.15) is 55.1 Å². The molecule has 0 bridgehead atoms. The predicted molar refractivity (Wildman–Crippen MR) is 103 cm³/mol. The molecule has 0 aliphatic heterocycles. The quantitative estimate of drug-likeness (QED) is 0.727. The molecule has 136 valence electrons. The summed E-state index contributed by atoms with van der Waals surface area (Å²) in [5, 5.41) is 6.54. The van der Waals surface area contributed by atoms with Gasteiger partial charge in [0, 0.05) is 18.3 Å². The summed E-state index contributed by atoms with van der Waals surface area (Å²) in [5.41, 5.74) is 1.93. The molecule has 0 radical (unpaired) electrons. The maximum absolute atomic E-state index is 12.2. The van der Waals surface area contributed by atoms with E-state index in [1.54, 1.807) is 12.1 Å². The molecule has 4 nitrogen and oxygen atoms in total. The number of hydrogen-bond donors (Lipinski definition) is 2. The first-order valence-corrected chi connectivity index (χ1v) is 8.88. The number of furan rings is 1. The number of amides is 1. The van der Waals surface area contributed by atoms with E-state index in [0.717, 1.165) is 23.7 Å². The predicted octanol–water partition coefficient (Wildman–Crippen LogP) is 5.01. The van der Waals surface area contributed by atoms with Gasteiger partial charge in [0.15, 0.2) is 5.76 Å². The third kappa shape index (κ3) is 5.62. The van der Waals surface area contributed by atoms with E-state index in [2.05, 4.69) is 17.6 Å². The number of nitrogens with one attached hydrogen (secondary N) is 2. The van der Waals surface area contributed by atoms with Crippen molar-refractivity contribution in [3.05, 3.63) is 54.0 Å². The molecule has 1 fully saturated rings. The highest BCUT2D eigenvalue weighted by molar-refractivity contribution is 6.02. The number of anilines is 1. The second-order valence-corrected chi connectivity index (χ2v) is 6.76. The molecule has 0 unspecified atom stereocenters. The van der Waals surface area contributed by atoms with Crippen LogP contribution < -0.4 is 10.6 Å². The Morgan fingerprint density at radius 3 is 2.68 bits per heavy atom. The highest BCUT2D eigenvalue weighted by Crippen LogP contribution is 2.28. The van der Waals surface area contributed by atoms with Crippen molar-refractivity contribution >= 4 is 24.0 Å². The minimum absolute atomic E-state index is 0. The average molecular weight is 363 g/mol. The first kappa shape index (κ1) is 19.5. The van der Waals surface area contributed by atoms with Crippen molar-refractivity contribution in [3.63, 3.8) is 0 Å². The van der Waals surface area contributed by atoms with Crippen LogP contribution in [0.4, 0.5) is 5.69 Å². The van der Waals surface area contributed by atoms with Crippen LogP contribution in [0.5, 0.6) is 0 Å². The summed E-state index contributed by atoms with van der Waals surface area (Å²) in [5.74, 6) is 0.986. The lowest BCUT2D eigenvalue weighted by molar-refractivity contribution is 0.0996. The van der Waals surface area contributed by atoms with Crippen LogP contribution in [0.2, 0.25) is 0 Å². The van der Waals surface area contributed by atoms with Gasteiger partial charge in [0.25, 0.3) is 5.91 Å². The first-order valence-electron chi connectivity index (χ1n) is 8.88. The third-order valence-corrected chi connectivity index (χ3v) is 4.81. The van der Waals surface area contributed by atoms with Gasteiger partial charge in [-0.2, -0.15) is 0 Å². The maximum atomic E-state index is 12.2. The molecule has 1 atom stereocenters. The molecule has 1 aromatic carbocycles. The van der Waals surface area contributed by atoms with Crippen molar-refractivity contribution in [2.45, 2.75) is 51.6 Å². The van der Waals surface area contributed by atoms with Gasteiger partial charge in [-0.3, -0.25) is 4.79 Å². The summed E-state index contributed by atoms with van der Waals surface area (Å²) >= 11 is 0. The maximum Gasteiger partial charge on any atom is 0.291 e. The summed E-state index contributed by atoms with van der Waals surface area (Å²) < 4.78 is 5.15. The fourth-order valence-corrected chi connectivity index (χ4v) is 3.50. The van der Waals surface area contributed by atoms with E-state index in [0.29, 0.717) is 11.8 Å². The number of carbonyl (C=O) groups excluding carboxylic acids is 1. The number of hydrogen-bond acceptors (Lipinski definition) is 3. The zero-order valence-electron chi connectivity index (χ0n) is 14.7. The third-order valence-electron chi connectivity index (χ3n) is 4.81. The molecular formula is C20H27ClN2O2. The summed E-state index contributed by atoms with van der Waals surface area (Å²) in [6, 6.07) is 11.8. The van der Waals surface area contributed by atoms with Crippen molar-refractivity contribution in [1.29, 1.82) is 0 Å². The van der Waals surface area contributed by atoms with Crippen molar-refractivity contribution in [3.8, 4) is 0 Å². The summed E-state index contributed by atoms with van der Waals surface area (Å²) in [6.07, 6.45) is 8.27. The Bertz CT molecular complexity index is 651. The second-order valence-electron chi connectivity index (χ2n) is 6.76. The number of carbonyl (C=O) groups is 1. The van der Waals surface area contributed by atoms with Gasteiger partial charge in [0.1, 0.15) is 0 Å². The highest BCUT2D eigenvalue weighted by atomic mass is 35.5. The lowest BCUT2D eigenvalue weighted by Crippen LogP contribution is -2.28. The SMILES string of the molecule is C[C@@H](CC1CCCC1)NCc1ccccc1NC(=O)c1ccco1.Cl. The molecule has 1 aromatic heterocycles. The smallest absolute Gasteiger partial charge is 0.291 e. The van der Waals surface area contributed by atoms with E-state index in [9.17, 15) is 4.79 Å². The van der Waals surface area contributed by atoms with Gasteiger partial charge in [0.05, 0.1) is 6.26 Å². The summed E-state index contributed by atoms with van der Waals surface area (Å²) in [7, 11) is 0. The molecule has 1 amide bonds. The minimum atomic E-state index is -0.216. The Labute approximate surface area is 155 Å². The number of rotatable bonds is 7. The van der Waals surface area contributed by atoms with Crippen molar-refractivity contribution in [2.24, 2.45) is 5.92 Å². The van der Waals surface area contributed by atoms with E-state index in [4.69, 9.17) is 4.42 Å². The van der Waals surface area contributed by atoms with E-state index in [-0.39, 0.29) is 18.3 Å². The van der Waals surface area contributed by atoms with Crippen molar-refractivity contribution in [2.75, 3.05) is 5.32 Å². The molecule has 1 saturated carbocycles. The zero-order valence-corrected chi connectivity index (χ0v) is 15.5. The minimum Gasteiger partial charge on any atom is -0.459 e. The Balaban J connectivity index is 0.00000225. The molecule has 2 N–H and O–H groups in total. The lowest BCUT2D eigenvalue weighted by Gasteiger charge is -2.19. The number of benzene rings is 1. The molecule has 5 heteroatoms. The number of halogens is 1. The van der Waals surface area contributed by atoms with Gasteiger partial charge in [0.2, 0.25) is 0 Å². The second kappa shape index (κ2) is 9.64. The van der Waals surface area contributed by atoms with Crippen molar-refractivity contribution in [1.82, 2.24) is 5.32 Å². The van der Waals surface area contributed by atoms with Crippen LogP contribution in [0.15, 0.2) is 47.1 Å². The first-order chi connectivity index (χ1) is 11.7.